The molecular formula is C13H13NO2. The second kappa shape index (κ2) is 4.23. The first-order chi connectivity index (χ1) is 7.78. The van der Waals surface area contributed by atoms with Crippen molar-refractivity contribution in [3.05, 3.63) is 36.4 Å². The van der Waals surface area contributed by atoms with E-state index in [9.17, 15) is 0 Å². The summed E-state index contributed by atoms with van der Waals surface area (Å²) in [4.78, 5) is 4.40. The molecule has 3 nitrogen and oxygen atoms in total. The standard InChI is InChI=1S/C13H13NO2/c1-4-9-7-10-5-6-11(15-2)8-12(10)14-13(9)16-3/h4-8H,1H2,2-3H3. The number of methoxy groups -OCH3 is 2. The summed E-state index contributed by atoms with van der Waals surface area (Å²) in [5, 5.41) is 1.04. The highest BCUT2D eigenvalue weighted by molar-refractivity contribution is 5.83. The lowest BCUT2D eigenvalue weighted by Gasteiger charge is -2.07. The molecule has 0 saturated heterocycles. The van der Waals surface area contributed by atoms with Gasteiger partial charge in [0, 0.05) is 17.0 Å². The molecule has 0 unspecified atom stereocenters. The highest BCUT2D eigenvalue weighted by Gasteiger charge is 2.05. The monoisotopic (exact) mass is 215 g/mol. The summed E-state index contributed by atoms with van der Waals surface area (Å²) in [5.74, 6) is 1.36. The molecule has 0 saturated carbocycles. The maximum atomic E-state index is 5.19. The first-order valence-electron chi connectivity index (χ1n) is 4.93. The molecule has 2 aromatic rings. The van der Waals surface area contributed by atoms with Crippen molar-refractivity contribution in [3.8, 4) is 11.6 Å². The summed E-state index contributed by atoms with van der Waals surface area (Å²) >= 11 is 0. The van der Waals surface area contributed by atoms with Gasteiger partial charge < -0.3 is 9.47 Å². The van der Waals surface area contributed by atoms with Gasteiger partial charge in [0.1, 0.15) is 5.75 Å². The molecule has 82 valence electrons. The van der Waals surface area contributed by atoms with Gasteiger partial charge in [-0.3, -0.25) is 0 Å². The molecule has 0 radical (unpaired) electrons. The highest BCUT2D eigenvalue weighted by atomic mass is 16.5. The largest absolute Gasteiger partial charge is 0.497 e. The summed E-state index contributed by atoms with van der Waals surface area (Å²) in [6.07, 6.45) is 1.73. The van der Waals surface area contributed by atoms with Crippen LogP contribution in [0.2, 0.25) is 0 Å². The lowest BCUT2D eigenvalue weighted by atomic mass is 10.1. The Balaban J connectivity index is 2.68. The summed E-state index contributed by atoms with van der Waals surface area (Å²) in [6.45, 7) is 3.74. The zero-order chi connectivity index (χ0) is 11.5. The smallest absolute Gasteiger partial charge is 0.221 e. The molecule has 0 aliphatic heterocycles. The Bertz CT molecular complexity index is 535. The fourth-order valence-electron chi connectivity index (χ4n) is 1.58. The molecule has 0 aliphatic carbocycles. The number of pyridine rings is 1. The lowest BCUT2D eigenvalue weighted by molar-refractivity contribution is 0.398. The molecule has 16 heavy (non-hydrogen) atoms. The number of hydrogen-bond acceptors (Lipinski definition) is 3. The maximum Gasteiger partial charge on any atom is 0.221 e. The number of rotatable bonds is 3. The van der Waals surface area contributed by atoms with E-state index in [-0.39, 0.29) is 0 Å². The second-order valence-corrected chi connectivity index (χ2v) is 3.35. The third-order valence-electron chi connectivity index (χ3n) is 2.43. The van der Waals surface area contributed by atoms with Gasteiger partial charge in [-0.05, 0) is 18.2 Å². The van der Waals surface area contributed by atoms with E-state index in [1.54, 1.807) is 20.3 Å². The predicted molar refractivity (Wildman–Crippen MR) is 64.9 cm³/mol. The molecule has 3 heteroatoms. The minimum Gasteiger partial charge on any atom is -0.497 e. The van der Waals surface area contributed by atoms with E-state index in [2.05, 4.69) is 11.6 Å². The van der Waals surface area contributed by atoms with Crippen molar-refractivity contribution in [3.63, 3.8) is 0 Å². The molecule has 0 amide bonds. The fraction of sp³-hybridized carbons (Fsp3) is 0.154. The molecule has 1 heterocycles. The second-order valence-electron chi connectivity index (χ2n) is 3.35. The van der Waals surface area contributed by atoms with Crippen LogP contribution in [0.25, 0.3) is 17.0 Å². The third-order valence-corrected chi connectivity index (χ3v) is 2.43. The van der Waals surface area contributed by atoms with E-state index < -0.39 is 0 Å². The van der Waals surface area contributed by atoms with Crippen molar-refractivity contribution in [1.82, 2.24) is 4.98 Å². The van der Waals surface area contributed by atoms with E-state index in [4.69, 9.17) is 9.47 Å². The van der Waals surface area contributed by atoms with Crippen LogP contribution >= 0.6 is 0 Å². The quantitative estimate of drug-likeness (QED) is 0.788. The van der Waals surface area contributed by atoms with Gasteiger partial charge in [-0.1, -0.05) is 12.7 Å². The zero-order valence-electron chi connectivity index (χ0n) is 9.36. The van der Waals surface area contributed by atoms with Gasteiger partial charge in [-0.15, -0.1) is 0 Å². The van der Waals surface area contributed by atoms with E-state index in [0.29, 0.717) is 5.88 Å². The van der Waals surface area contributed by atoms with Gasteiger partial charge in [-0.2, -0.15) is 0 Å². The molecule has 0 atom stereocenters. The average Bonchev–Trinajstić information content (AvgIpc) is 2.36. The number of ether oxygens (including phenoxy) is 2. The van der Waals surface area contributed by atoms with Crippen LogP contribution < -0.4 is 9.47 Å². The van der Waals surface area contributed by atoms with Crippen LogP contribution in [0.15, 0.2) is 30.8 Å². The van der Waals surface area contributed by atoms with E-state index in [0.717, 1.165) is 22.2 Å². The maximum absolute atomic E-state index is 5.19. The number of benzene rings is 1. The van der Waals surface area contributed by atoms with Crippen molar-refractivity contribution >= 4 is 17.0 Å². The molecular weight excluding hydrogens is 202 g/mol. The van der Waals surface area contributed by atoms with Crippen LogP contribution in [-0.4, -0.2) is 19.2 Å². The van der Waals surface area contributed by atoms with Gasteiger partial charge in [0.05, 0.1) is 19.7 Å². The predicted octanol–water partition coefficient (Wildman–Crippen LogP) is 2.90. The Kier molecular flexibility index (Phi) is 2.77. The van der Waals surface area contributed by atoms with E-state index in [1.807, 2.05) is 24.3 Å². The molecule has 1 aromatic heterocycles. The number of aromatic nitrogens is 1. The Morgan fingerprint density at radius 2 is 2.00 bits per heavy atom. The van der Waals surface area contributed by atoms with Crippen LogP contribution in [0, 0.1) is 0 Å². The van der Waals surface area contributed by atoms with Crippen molar-refractivity contribution in [2.75, 3.05) is 14.2 Å². The Morgan fingerprint density at radius 3 is 2.62 bits per heavy atom. The lowest BCUT2D eigenvalue weighted by Crippen LogP contribution is -1.92. The number of hydrogen-bond donors (Lipinski definition) is 0. The van der Waals surface area contributed by atoms with Crippen LogP contribution in [0.5, 0.6) is 11.6 Å². The van der Waals surface area contributed by atoms with Crippen molar-refractivity contribution in [1.29, 1.82) is 0 Å². The summed E-state index contributed by atoms with van der Waals surface area (Å²) in [5.41, 5.74) is 1.74. The fourth-order valence-corrected chi connectivity index (χ4v) is 1.58. The van der Waals surface area contributed by atoms with Gasteiger partial charge in [0.25, 0.3) is 0 Å². The van der Waals surface area contributed by atoms with Gasteiger partial charge >= 0.3 is 0 Å². The van der Waals surface area contributed by atoms with E-state index in [1.165, 1.54) is 0 Å². The number of fused-ring (bicyclic) bond motifs is 1. The van der Waals surface area contributed by atoms with Crippen LogP contribution in [0.4, 0.5) is 0 Å². The first kappa shape index (κ1) is 10.5. The number of nitrogens with zero attached hydrogens (tertiary/aromatic N) is 1. The summed E-state index contributed by atoms with van der Waals surface area (Å²) in [7, 11) is 3.23. The first-order valence-corrected chi connectivity index (χ1v) is 4.93. The normalized spacial score (nSPS) is 10.1. The minimum atomic E-state index is 0.579. The summed E-state index contributed by atoms with van der Waals surface area (Å²) < 4.78 is 10.3. The summed E-state index contributed by atoms with van der Waals surface area (Å²) in [6, 6.07) is 7.75. The SMILES string of the molecule is C=Cc1cc2ccc(OC)cc2nc1OC. The van der Waals surface area contributed by atoms with Crippen molar-refractivity contribution in [2.24, 2.45) is 0 Å². The average molecular weight is 215 g/mol. The van der Waals surface area contributed by atoms with Crippen molar-refractivity contribution < 1.29 is 9.47 Å². The van der Waals surface area contributed by atoms with Gasteiger partial charge in [0.15, 0.2) is 0 Å². The molecule has 0 bridgehead atoms. The van der Waals surface area contributed by atoms with Gasteiger partial charge in [-0.25, -0.2) is 4.98 Å². The van der Waals surface area contributed by atoms with Crippen LogP contribution in [0.1, 0.15) is 5.56 Å². The molecule has 0 aliphatic rings. The van der Waals surface area contributed by atoms with E-state index >= 15 is 0 Å². The topological polar surface area (TPSA) is 31.4 Å². The Morgan fingerprint density at radius 1 is 1.19 bits per heavy atom. The molecule has 2 rings (SSSR count). The zero-order valence-corrected chi connectivity index (χ0v) is 9.36. The minimum absolute atomic E-state index is 0.579. The Labute approximate surface area is 94.3 Å². The van der Waals surface area contributed by atoms with Gasteiger partial charge in [0.2, 0.25) is 5.88 Å². The molecule has 0 spiro atoms. The van der Waals surface area contributed by atoms with Crippen LogP contribution in [-0.2, 0) is 0 Å². The molecule has 0 fully saturated rings. The Hall–Kier alpha value is -2.03. The van der Waals surface area contributed by atoms with Crippen LogP contribution in [0.3, 0.4) is 0 Å². The molecule has 0 N–H and O–H groups in total. The van der Waals surface area contributed by atoms with Crippen molar-refractivity contribution in [2.45, 2.75) is 0 Å². The molecule has 1 aromatic carbocycles. The highest BCUT2D eigenvalue weighted by Crippen LogP contribution is 2.25. The third kappa shape index (κ3) is 1.72.